The molecule has 1 aromatic carbocycles. The fraction of sp³-hybridized carbons (Fsp3) is 0.600. The zero-order valence-electron chi connectivity index (χ0n) is 12.1. The minimum Gasteiger partial charge on any atom is -0.329 e. The van der Waals surface area contributed by atoms with Gasteiger partial charge in [0.1, 0.15) is 0 Å². The lowest BCUT2D eigenvalue weighted by atomic mass is 10.0. The second kappa shape index (κ2) is 7.23. The highest BCUT2D eigenvalue weighted by Crippen LogP contribution is 2.31. The van der Waals surface area contributed by atoms with Crippen LogP contribution in [0, 0.1) is 0 Å². The van der Waals surface area contributed by atoms with Gasteiger partial charge in [0.25, 0.3) is 0 Å². The van der Waals surface area contributed by atoms with Gasteiger partial charge in [-0.3, -0.25) is 4.90 Å². The maximum Gasteiger partial charge on any atom is 0.0488 e. The van der Waals surface area contributed by atoms with E-state index in [0.29, 0.717) is 12.6 Å². The first-order valence-electron chi connectivity index (χ1n) is 7.12. The smallest absolute Gasteiger partial charge is 0.0488 e. The summed E-state index contributed by atoms with van der Waals surface area (Å²) >= 11 is 9.92. The monoisotopic (exact) mass is 359 g/mol. The number of rotatable bonds is 3. The van der Waals surface area contributed by atoms with Crippen LogP contribution < -0.4 is 5.73 Å². The van der Waals surface area contributed by atoms with Gasteiger partial charge in [-0.25, -0.2) is 0 Å². The number of likely N-dealkylation sites (N-methyl/N-ethyl adjacent to an activating group) is 1. The first-order chi connectivity index (χ1) is 9.52. The van der Waals surface area contributed by atoms with Crippen LogP contribution in [0.5, 0.6) is 0 Å². The average Bonchev–Trinajstić information content (AvgIpc) is 2.56. The van der Waals surface area contributed by atoms with Gasteiger partial charge in [-0.05, 0) is 50.7 Å². The summed E-state index contributed by atoms with van der Waals surface area (Å²) in [6.45, 7) is 6.14. The van der Waals surface area contributed by atoms with E-state index < -0.39 is 0 Å². The lowest BCUT2D eigenvalue weighted by Crippen LogP contribution is -2.43. The summed E-state index contributed by atoms with van der Waals surface area (Å²) in [5.41, 5.74) is 7.20. The van der Waals surface area contributed by atoms with Gasteiger partial charge >= 0.3 is 0 Å². The predicted octanol–water partition coefficient (Wildman–Crippen LogP) is 3.13. The fourth-order valence-corrected chi connectivity index (χ4v) is 3.69. The molecule has 1 aliphatic rings. The third-order valence-electron chi connectivity index (χ3n) is 4.04. The first-order valence-corrected chi connectivity index (χ1v) is 8.29. The van der Waals surface area contributed by atoms with Crippen LogP contribution in [-0.2, 0) is 0 Å². The van der Waals surface area contributed by atoms with Gasteiger partial charge in [-0.2, -0.15) is 0 Å². The second-order valence-electron chi connectivity index (χ2n) is 5.62. The molecule has 1 aliphatic heterocycles. The van der Waals surface area contributed by atoms with Gasteiger partial charge < -0.3 is 10.6 Å². The van der Waals surface area contributed by atoms with Crippen molar-refractivity contribution in [3.05, 3.63) is 33.3 Å². The van der Waals surface area contributed by atoms with Gasteiger partial charge in [0.05, 0.1) is 0 Å². The van der Waals surface area contributed by atoms with Gasteiger partial charge in [-0.1, -0.05) is 27.5 Å². The third-order valence-corrected chi connectivity index (χ3v) is 4.88. The summed E-state index contributed by atoms with van der Waals surface area (Å²) in [7, 11) is 2.18. The van der Waals surface area contributed by atoms with Gasteiger partial charge in [0.2, 0.25) is 0 Å². The molecule has 1 fully saturated rings. The van der Waals surface area contributed by atoms with E-state index >= 15 is 0 Å². The van der Waals surface area contributed by atoms with Crippen LogP contribution in [-0.4, -0.2) is 49.1 Å². The zero-order valence-corrected chi connectivity index (χ0v) is 14.5. The Balaban J connectivity index is 2.28. The van der Waals surface area contributed by atoms with E-state index in [1.807, 2.05) is 12.1 Å². The Hall–Kier alpha value is -0.130. The molecule has 5 heteroatoms. The minimum atomic E-state index is 0.182. The van der Waals surface area contributed by atoms with Gasteiger partial charge in [0.15, 0.2) is 0 Å². The maximum absolute atomic E-state index is 6.39. The van der Waals surface area contributed by atoms with Gasteiger partial charge in [0, 0.05) is 41.2 Å². The molecule has 112 valence electrons. The SMILES string of the molecule is CC1CN(C)CCCN1C(CN)c1cc(Br)ccc1Cl. The van der Waals surface area contributed by atoms with Crippen molar-refractivity contribution in [3.63, 3.8) is 0 Å². The third kappa shape index (κ3) is 3.74. The Morgan fingerprint density at radius 2 is 2.20 bits per heavy atom. The molecule has 2 unspecified atom stereocenters. The van der Waals surface area contributed by atoms with E-state index in [-0.39, 0.29) is 6.04 Å². The van der Waals surface area contributed by atoms with E-state index in [1.54, 1.807) is 0 Å². The molecule has 0 bridgehead atoms. The normalized spacial score (nSPS) is 23.6. The Morgan fingerprint density at radius 1 is 1.45 bits per heavy atom. The second-order valence-corrected chi connectivity index (χ2v) is 6.94. The minimum absolute atomic E-state index is 0.182. The van der Waals surface area contributed by atoms with Crippen molar-refractivity contribution in [1.82, 2.24) is 9.80 Å². The van der Waals surface area contributed by atoms with Crippen molar-refractivity contribution >= 4 is 27.5 Å². The maximum atomic E-state index is 6.39. The molecular weight excluding hydrogens is 338 g/mol. The van der Waals surface area contributed by atoms with E-state index in [0.717, 1.165) is 34.7 Å². The number of nitrogens with two attached hydrogens (primary N) is 1. The van der Waals surface area contributed by atoms with E-state index in [4.69, 9.17) is 17.3 Å². The summed E-state index contributed by atoms with van der Waals surface area (Å²) in [6.07, 6.45) is 1.17. The van der Waals surface area contributed by atoms with E-state index in [9.17, 15) is 0 Å². The van der Waals surface area contributed by atoms with Crippen molar-refractivity contribution in [2.75, 3.05) is 33.2 Å². The van der Waals surface area contributed by atoms with Crippen molar-refractivity contribution in [3.8, 4) is 0 Å². The molecule has 0 aliphatic carbocycles. The molecule has 0 aromatic heterocycles. The summed E-state index contributed by atoms with van der Waals surface area (Å²) in [4.78, 5) is 4.89. The number of benzene rings is 1. The first kappa shape index (κ1) is 16.2. The highest BCUT2D eigenvalue weighted by Gasteiger charge is 2.28. The summed E-state index contributed by atoms with van der Waals surface area (Å²) in [5, 5.41) is 0.799. The molecule has 2 atom stereocenters. The van der Waals surface area contributed by atoms with Crippen molar-refractivity contribution in [1.29, 1.82) is 0 Å². The molecule has 20 heavy (non-hydrogen) atoms. The van der Waals surface area contributed by atoms with Crippen molar-refractivity contribution in [2.24, 2.45) is 5.73 Å². The molecule has 0 amide bonds. The van der Waals surface area contributed by atoms with Crippen LogP contribution in [0.1, 0.15) is 24.9 Å². The van der Waals surface area contributed by atoms with Crippen LogP contribution in [0.15, 0.2) is 22.7 Å². The molecule has 0 spiro atoms. The summed E-state index contributed by atoms with van der Waals surface area (Å²) in [6, 6.07) is 6.67. The quantitative estimate of drug-likeness (QED) is 0.899. The number of halogens is 2. The van der Waals surface area contributed by atoms with Crippen LogP contribution in [0.25, 0.3) is 0 Å². The molecular formula is C15H23BrClN3. The van der Waals surface area contributed by atoms with E-state index in [2.05, 4.69) is 45.8 Å². The van der Waals surface area contributed by atoms with Crippen molar-refractivity contribution in [2.45, 2.75) is 25.4 Å². The number of nitrogens with zero attached hydrogens (tertiary/aromatic N) is 2. The molecule has 2 N–H and O–H groups in total. The topological polar surface area (TPSA) is 32.5 Å². The Bertz CT molecular complexity index is 455. The average molecular weight is 361 g/mol. The standard InChI is InChI=1S/C15H23BrClN3/c1-11-10-19(2)6-3-7-20(11)15(9-18)13-8-12(16)4-5-14(13)17/h4-5,8,11,15H,3,6-7,9-10,18H2,1-2H3. The van der Waals surface area contributed by atoms with Crippen LogP contribution in [0.2, 0.25) is 5.02 Å². The Kier molecular flexibility index (Phi) is 5.87. The van der Waals surface area contributed by atoms with Gasteiger partial charge in [-0.15, -0.1) is 0 Å². The molecule has 3 nitrogen and oxygen atoms in total. The lowest BCUT2D eigenvalue weighted by molar-refractivity contribution is 0.146. The molecule has 1 heterocycles. The van der Waals surface area contributed by atoms with Crippen LogP contribution in [0.4, 0.5) is 0 Å². The molecule has 0 radical (unpaired) electrons. The largest absolute Gasteiger partial charge is 0.329 e. The van der Waals surface area contributed by atoms with Crippen LogP contribution >= 0.6 is 27.5 Å². The van der Waals surface area contributed by atoms with Crippen molar-refractivity contribution < 1.29 is 0 Å². The Labute approximate surface area is 135 Å². The predicted molar refractivity (Wildman–Crippen MR) is 89.2 cm³/mol. The zero-order chi connectivity index (χ0) is 14.7. The summed E-state index contributed by atoms with van der Waals surface area (Å²) in [5.74, 6) is 0. The fourth-order valence-electron chi connectivity index (χ4n) is 3.06. The molecule has 1 aromatic rings. The lowest BCUT2D eigenvalue weighted by Gasteiger charge is -2.35. The van der Waals surface area contributed by atoms with Crippen LogP contribution in [0.3, 0.4) is 0 Å². The molecule has 2 rings (SSSR count). The molecule has 1 saturated heterocycles. The number of hydrogen-bond donors (Lipinski definition) is 1. The number of hydrogen-bond acceptors (Lipinski definition) is 3. The highest BCUT2D eigenvalue weighted by molar-refractivity contribution is 9.10. The molecule has 0 saturated carbocycles. The van der Waals surface area contributed by atoms with E-state index in [1.165, 1.54) is 6.42 Å². The summed E-state index contributed by atoms with van der Waals surface area (Å²) < 4.78 is 1.05. The Morgan fingerprint density at radius 3 is 2.90 bits per heavy atom. The highest BCUT2D eigenvalue weighted by atomic mass is 79.9.